The highest BCUT2D eigenvalue weighted by Crippen LogP contribution is 2.14. The largest absolute Gasteiger partial charge is 0.389 e. The molecule has 1 aliphatic rings. The first-order chi connectivity index (χ1) is 4.79. The fraction of sp³-hybridized carbons (Fsp3) is 0.750. The summed E-state index contributed by atoms with van der Waals surface area (Å²) in [5.74, 6) is 0. The molecular weight excluding hydrogens is 237 g/mol. The van der Waals surface area contributed by atoms with Crippen molar-refractivity contribution in [1.82, 2.24) is 5.32 Å². The molecule has 1 aliphatic heterocycles. The van der Waals surface area contributed by atoms with Crippen LogP contribution in [-0.4, -0.2) is 9.97 Å². The third-order valence-electron chi connectivity index (χ3n) is 1.80. The van der Waals surface area contributed by atoms with E-state index >= 15 is 0 Å². The summed E-state index contributed by atoms with van der Waals surface area (Å²) < 4.78 is 0.734. The normalized spacial score (nSPS) is 37.4. The van der Waals surface area contributed by atoms with Gasteiger partial charge in [-0.05, 0) is 26.0 Å². The maximum absolute atomic E-state index is 3.33. The Labute approximate surface area is 76.4 Å². The van der Waals surface area contributed by atoms with Crippen LogP contribution in [0, 0.1) is 0 Å². The number of allylic oxidation sites excluding steroid dienone is 1. The van der Waals surface area contributed by atoms with Crippen LogP contribution in [0.2, 0.25) is 0 Å². The molecule has 0 aromatic rings. The predicted octanol–water partition coefficient (Wildman–Crippen LogP) is 2.47. The van der Waals surface area contributed by atoms with Gasteiger partial charge in [0.05, 0.1) is 0 Å². The average molecular weight is 251 g/mol. The molecule has 1 nitrogen and oxygen atoms in total. The lowest BCUT2D eigenvalue weighted by Gasteiger charge is -2.15. The van der Waals surface area contributed by atoms with E-state index in [-0.39, 0.29) is 0 Å². The second-order valence-corrected chi connectivity index (χ2v) is 4.47. The van der Waals surface area contributed by atoms with Crippen LogP contribution in [0.1, 0.15) is 26.2 Å². The van der Waals surface area contributed by atoms with E-state index in [1.807, 2.05) is 0 Å². The first-order valence-electron chi connectivity index (χ1n) is 3.86. The lowest BCUT2D eigenvalue weighted by Crippen LogP contribution is -2.22. The van der Waals surface area contributed by atoms with E-state index in [0.29, 0.717) is 6.04 Å². The molecular formula is C8H14IN. The van der Waals surface area contributed by atoms with Gasteiger partial charge in [0.25, 0.3) is 0 Å². The minimum atomic E-state index is 0.667. The Bertz CT molecular complexity index is 122. The first kappa shape index (κ1) is 8.37. The van der Waals surface area contributed by atoms with Crippen molar-refractivity contribution in [1.29, 1.82) is 0 Å². The minimum Gasteiger partial charge on any atom is -0.389 e. The molecule has 2 atom stereocenters. The Hall–Kier alpha value is 0.270. The smallest absolute Gasteiger partial charge is 0.0306 e. The number of rotatable bonds is 0. The van der Waals surface area contributed by atoms with Gasteiger partial charge in [-0.25, -0.2) is 0 Å². The molecule has 0 aliphatic carbocycles. The van der Waals surface area contributed by atoms with Gasteiger partial charge >= 0.3 is 0 Å². The highest BCUT2D eigenvalue weighted by molar-refractivity contribution is 14.1. The van der Waals surface area contributed by atoms with E-state index in [2.05, 4.69) is 47.1 Å². The number of alkyl halides is 1. The summed E-state index contributed by atoms with van der Waals surface area (Å²) in [5.41, 5.74) is 0. The lowest BCUT2D eigenvalue weighted by molar-refractivity contribution is 0.539. The van der Waals surface area contributed by atoms with Crippen LogP contribution in [0.15, 0.2) is 12.3 Å². The summed E-state index contributed by atoms with van der Waals surface area (Å²) >= 11 is 2.48. The fourth-order valence-corrected chi connectivity index (χ4v) is 1.77. The topological polar surface area (TPSA) is 12.0 Å². The van der Waals surface area contributed by atoms with Crippen molar-refractivity contribution in [3.05, 3.63) is 12.3 Å². The number of hydrogen-bond donors (Lipinski definition) is 1. The molecule has 1 rings (SSSR count). The second-order valence-electron chi connectivity index (χ2n) is 2.87. The zero-order chi connectivity index (χ0) is 7.40. The fourth-order valence-electron chi connectivity index (χ4n) is 1.12. The van der Waals surface area contributed by atoms with Gasteiger partial charge < -0.3 is 5.32 Å². The molecule has 0 saturated carbocycles. The first-order valence-corrected chi connectivity index (χ1v) is 5.10. The third-order valence-corrected chi connectivity index (χ3v) is 2.84. The Morgan fingerprint density at radius 1 is 1.50 bits per heavy atom. The molecule has 0 bridgehead atoms. The average Bonchev–Trinajstić information content (AvgIpc) is 1.84. The highest BCUT2D eigenvalue weighted by Gasteiger charge is 2.05. The maximum Gasteiger partial charge on any atom is 0.0306 e. The minimum absolute atomic E-state index is 0.667. The molecule has 58 valence electrons. The molecule has 2 heteroatoms. The Morgan fingerprint density at radius 2 is 2.30 bits per heavy atom. The van der Waals surface area contributed by atoms with Crippen LogP contribution in [0.3, 0.4) is 0 Å². The summed E-state index contributed by atoms with van der Waals surface area (Å²) in [4.78, 5) is 0. The molecule has 0 fully saturated rings. The predicted molar refractivity (Wildman–Crippen MR) is 53.4 cm³/mol. The molecule has 1 N–H and O–H groups in total. The van der Waals surface area contributed by atoms with Gasteiger partial charge in [-0.3, -0.25) is 0 Å². The number of hydrogen-bond acceptors (Lipinski definition) is 1. The van der Waals surface area contributed by atoms with Crippen molar-refractivity contribution in [3.63, 3.8) is 0 Å². The van der Waals surface area contributed by atoms with Crippen LogP contribution >= 0.6 is 22.6 Å². The monoisotopic (exact) mass is 251 g/mol. The van der Waals surface area contributed by atoms with E-state index in [9.17, 15) is 0 Å². The number of halogens is 1. The highest BCUT2D eigenvalue weighted by atomic mass is 127. The van der Waals surface area contributed by atoms with Gasteiger partial charge in [0, 0.05) is 9.97 Å². The molecule has 10 heavy (non-hydrogen) atoms. The Kier molecular flexibility index (Phi) is 3.52. The molecule has 0 radical (unpaired) electrons. The molecule has 0 aromatic heterocycles. The summed E-state index contributed by atoms with van der Waals surface area (Å²) in [6.07, 6.45) is 8.34. The van der Waals surface area contributed by atoms with Crippen LogP contribution in [0.4, 0.5) is 0 Å². The molecule has 0 spiro atoms. The van der Waals surface area contributed by atoms with Gasteiger partial charge in [0.1, 0.15) is 0 Å². The summed E-state index contributed by atoms with van der Waals surface area (Å²) in [6.45, 7) is 2.23. The van der Waals surface area contributed by atoms with E-state index in [1.54, 1.807) is 0 Å². The third kappa shape index (κ3) is 2.90. The number of nitrogens with one attached hydrogen (secondary N) is 1. The molecule has 0 amide bonds. The van der Waals surface area contributed by atoms with Crippen LogP contribution in [0.5, 0.6) is 0 Å². The van der Waals surface area contributed by atoms with Crippen LogP contribution < -0.4 is 5.32 Å². The zero-order valence-electron chi connectivity index (χ0n) is 6.31. The summed E-state index contributed by atoms with van der Waals surface area (Å²) in [7, 11) is 0. The van der Waals surface area contributed by atoms with Crippen molar-refractivity contribution in [2.24, 2.45) is 0 Å². The zero-order valence-corrected chi connectivity index (χ0v) is 8.47. The van der Waals surface area contributed by atoms with Crippen molar-refractivity contribution in [2.45, 2.75) is 36.2 Å². The van der Waals surface area contributed by atoms with Crippen LogP contribution in [-0.2, 0) is 0 Å². The van der Waals surface area contributed by atoms with Crippen molar-refractivity contribution in [3.8, 4) is 0 Å². The summed E-state index contributed by atoms with van der Waals surface area (Å²) in [6, 6.07) is 0.667. The Balaban J connectivity index is 2.38. The van der Waals surface area contributed by atoms with Gasteiger partial charge in [-0.2, -0.15) is 0 Å². The van der Waals surface area contributed by atoms with Crippen molar-refractivity contribution < 1.29 is 0 Å². The second kappa shape index (κ2) is 4.21. The SMILES string of the molecule is CC1CCCC(I)/C=C\N1. The standard InChI is InChI=1S/C8H14IN/c1-7-3-2-4-8(9)5-6-10-7/h5-8,10H,2-4H2,1H3/b6-5-. The molecule has 0 saturated heterocycles. The van der Waals surface area contributed by atoms with Gasteiger partial charge in [-0.15, -0.1) is 0 Å². The van der Waals surface area contributed by atoms with E-state index in [0.717, 1.165) is 3.92 Å². The lowest BCUT2D eigenvalue weighted by atomic mass is 10.1. The van der Waals surface area contributed by atoms with E-state index in [4.69, 9.17) is 0 Å². The quantitative estimate of drug-likeness (QED) is 0.515. The van der Waals surface area contributed by atoms with Gasteiger partial charge in [0.15, 0.2) is 0 Å². The van der Waals surface area contributed by atoms with Crippen LogP contribution in [0.25, 0.3) is 0 Å². The maximum atomic E-state index is 3.33. The van der Waals surface area contributed by atoms with E-state index in [1.165, 1.54) is 19.3 Å². The van der Waals surface area contributed by atoms with Gasteiger partial charge in [-0.1, -0.05) is 35.1 Å². The van der Waals surface area contributed by atoms with E-state index < -0.39 is 0 Å². The summed E-state index contributed by atoms with van der Waals surface area (Å²) in [5, 5.41) is 3.33. The molecule has 0 aromatic carbocycles. The molecule has 1 heterocycles. The van der Waals surface area contributed by atoms with Crippen molar-refractivity contribution in [2.75, 3.05) is 0 Å². The van der Waals surface area contributed by atoms with Gasteiger partial charge in [0.2, 0.25) is 0 Å². The molecule has 2 unspecified atom stereocenters. The van der Waals surface area contributed by atoms with Crippen molar-refractivity contribution >= 4 is 22.6 Å². The Morgan fingerprint density at radius 3 is 3.10 bits per heavy atom.